The molecule has 3 aromatic rings. The van der Waals surface area contributed by atoms with Gasteiger partial charge < -0.3 is 4.57 Å². The van der Waals surface area contributed by atoms with Gasteiger partial charge in [-0.2, -0.15) is 10.1 Å². The number of hydrogen-bond acceptors (Lipinski definition) is 3. The van der Waals surface area contributed by atoms with Gasteiger partial charge in [-0.25, -0.2) is 0 Å². The van der Waals surface area contributed by atoms with E-state index in [0.29, 0.717) is 0 Å². The lowest BCUT2D eigenvalue weighted by Gasteiger charge is -2.13. The predicted octanol–water partition coefficient (Wildman–Crippen LogP) is 4.90. The van der Waals surface area contributed by atoms with Crippen molar-refractivity contribution < 1.29 is 9.59 Å². The van der Waals surface area contributed by atoms with Crippen LogP contribution in [0.3, 0.4) is 0 Å². The zero-order valence-corrected chi connectivity index (χ0v) is 19.2. The average Bonchev–Trinajstić information content (AvgIpc) is 3.53. The van der Waals surface area contributed by atoms with Gasteiger partial charge in [0, 0.05) is 33.2 Å². The molecule has 0 radical (unpaired) electrons. The van der Waals surface area contributed by atoms with Gasteiger partial charge in [-0.1, -0.05) is 58.4 Å². The first-order valence-electron chi connectivity index (χ1n) is 11.0. The van der Waals surface area contributed by atoms with Gasteiger partial charge in [0.25, 0.3) is 11.8 Å². The number of rotatable bonds is 4. The molecule has 5 nitrogen and oxygen atoms in total. The fourth-order valence-electron chi connectivity index (χ4n) is 5.71. The first-order valence-corrected chi connectivity index (χ1v) is 11.7. The molecule has 6 heteroatoms. The molecule has 32 heavy (non-hydrogen) atoms. The molecule has 0 N–H and O–H groups in total. The number of imide groups is 1. The van der Waals surface area contributed by atoms with Crippen LogP contribution in [0.2, 0.25) is 0 Å². The molecule has 2 amide bonds. The lowest BCUT2D eigenvalue weighted by Crippen LogP contribution is -2.28. The molecular weight excluding hydrogens is 466 g/mol. The summed E-state index contributed by atoms with van der Waals surface area (Å²) < 4.78 is 3.31. The van der Waals surface area contributed by atoms with E-state index in [1.54, 1.807) is 6.21 Å². The minimum absolute atomic E-state index is 0.149. The van der Waals surface area contributed by atoms with Crippen LogP contribution >= 0.6 is 15.9 Å². The Kier molecular flexibility index (Phi) is 4.47. The van der Waals surface area contributed by atoms with E-state index in [-0.39, 0.29) is 35.5 Å². The highest BCUT2D eigenvalue weighted by Crippen LogP contribution is 2.52. The smallest absolute Gasteiger partial charge is 0.254 e. The Morgan fingerprint density at radius 2 is 1.66 bits per heavy atom. The van der Waals surface area contributed by atoms with Gasteiger partial charge in [0.05, 0.1) is 18.1 Å². The number of halogens is 1. The van der Waals surface area contributed by atoms with Gasteiger partial charge in [0.15, 0.2) is 0 Å². The molecule has 4 unspecified atom stereocenters. The molecule has 1 aliphatic heterocycles. The molecule has 1 saturated heterocycles. The van der Waals surface area contributed by atoms with Crippen molar-refractivity contribution in [3.63, 3.8) is 0 Å². The molecule has 4 atom stereocenters. The minimum Gasteiger partial charge on any atom is -0.340 e. The highest BCUT2D eigenvalue weighted by molar-refractivity contribution is 9.10. The first kappa shape index (κ1) is 19.7. The summed E-state index contributed by atoms with van der Waals surface area (Å²) in [4.78, 5) is 26.0. The highest BCUT2D eigenvalue weighted by Gasteiger charge is 2.59. The largest absolute Gasteiger partial charge is 0.340 e. The van der Waals surface area contributed by atoms with Gasteiger partial charge in [-0.05, 0) is 48.9 Å². The minimum atomic E-state index is -0.227. The van der Waals surface area contributed by atoms with Crippen molar-refractivity contribution >= 4 is 44.9 Å². The van der Waals surface area contributed by atoms with Crippen molar-refractivity contribution in [1.82, 2.24) is 9.58 Å². The van der Waals surface area contributed by atoms with E-state index in [4.69, 9.17) is 0 Å². The molecule has 2 heterocycles. The Balaban J connectivity index is 1.35. The average molecular weight is 488 g/mol. The third-order valence-corrected chi connectivity index (χ3v) is 7.81. The van der Waals surface area contributed by atoms with E-state index in [0.717, 1.165) is 44.6 Å². The number of carbonyl (C=O) groups is 2. The van der Waals surface area contributed by atoms with E-state index in [9.17, 15) is 9.59 Å². The second-order valence-corrected chi connectivity index (χ2v) is 9.88. The number of benzene rings is 2. The summed E-state index contributed by atoms with van der Waals surface area (Å²) >= 11 is 3.49. The Morgan fingerprint density at radius 1 is 1.00 bits per heavy atom. The molecule has 3 aliphatic rings. The molecule has 2 fully saturated rings. The summed E-state index contributed by atoms with van der Waals surface area (Å²) in [5.41, 5.74) is 4.30. The van der Waals surface area contributed by atoms with Gasteiger partial charge in [0.1, 0.15) is 0 Å². The molecule has 1 saturated carbocycles. The van der Waals surface area contributed by atoms with Crippen LogP contribution in [0.4, 0.5) is 0 Å². The van der Waals surface area contributed by atoms with Crippen LogP contribution in [0.25, 0.3) is 10.9 Å². The van der Waals surface area contributed by atoms with Gasteiger partial charge in [-0.3, -0.25) is 9.59 Å². The molecule has 160 valence electrons. The maximum absolute atomic E-state index is 13.0. The number of hydrogen-bond donors (Lipinski definition) is 0. The van der Waals surface area contributed by atoms with Crippen LogP contribution < -0.4 is 0 Å². The quantitative estimate of drug-likeness (QED) is 0.298. The normalized spacial score (nSPS) is 26.2. The molecular formula is C26H22BrN3O2. The Labute approximate surface area is 194 Å². The number of carbonyl (C=O) groups excluding carboxylic acids is 2. The maximum Gasteiger partial charge on any atom is 0.254 e. The van der Waals surface area contributed by atoms with Crippen LogP contribution in [-0.4, -0.2) is 27.6 Å². The number of hydrazone groups is 1. The topological polar surface area (TPSA) is 54.7 Å². The summed E-state index contributed by atoms with van der Waals surface area (Å²) in [7, 11) is 0. The predicted molar refractivity (Wildman–Crippen MR) is 127 cm³/mol. The molecule has 2 bridgehead atoms. The number of nitrogens with zero attached hydrogens (tertiary/aromatic N) is 3. The van der Waals surface area contributed by atoms with Crippen LogP contribution in [-0.2, 0) is 16.1 Å². The fraction of sp³-hybridized carbons (Fsp3) is 0.269. The third kappa shape index (κ3) is 2.85. The summed E-state index contributed by atoms with van der Waals surface area (Å²) in [6.45, 7) is 2.79. The lowest BCUT2D eigenvalue weighted by molar-refractivity contribution is -0.140. The Bertz CT molecular complexity index is 1290. The van der Waals surface area contributed by atoms with Crippen LogP contribution in [0.5, 0.6) is 0 Å². The van der Waals surface area contributed by atoms with Crippen molar-refractivity contribution in [3.05, 3.63) is 82.0 Å². The fourth-order valence-corrected chi connectivity index (χ4v) is 5.98. The molecule has 2 aliphatic carbocycles. The van der Waals surface area contributed by atoms with Gasteiger partial charge >= 0.3 is 0 Å². The van der Waals surface area contributed by atoms with Gasteiger partial charge in [0.2, 0.25) is 0 Å². The van der Waals surface area contributed by atoms with Crippen LogP contribution in [0.1, 0.15) is 23.2 Å². The van der Waals surface area contributed by atoms with E-state index in [1.807, 2.05) is 24.3 Å². The second kappa shape index (κ2) is 7.27. The molecule has 0 spiro atoms. The van der Waals surface area contributed by atoms with E-state index in [1.165, 1.54) is 5.56 Å². The summed E-state index contributed by atoms with van der Waals surface area (Å²) in [5, 5.41) is 6.63. The first-order chi connectivity index (χ1) is 15.5. The van der Waals surface area contributed by atoms with Gasteiger partial charge in [-0.15, -0.1) is 0 Å². The molecule has 2 aromatic carbocycles. The van der Waals surface area contributed by atoms with E-state index < -0.39 is 0 Å². The van der Waals surface area contributed by atoms with Crippen molar-refractivity contribution in [2.75, 3.05) is 0 Å². The van der Waals surface area contributed by atoms with Crippen molar-refractivity contribution in [1.29, 1.82) is 0 Å². The third-order valence-electron chi connectivity index (χ3n) is 7.28. The van der Waals surface area contributed by atoms with Crippen molar-refractivity contribution in [3.8, 4) is 0 Å². The maximum atomic E-state index is 13.0. The SMILES string of the molecule is Cc1c(C=NN2C(=O)C3C4C=CC(C4)C3C2=O)c2ccccc2n1Cc1ccc(Br)cc1. The van der Waals surface area contributed by atoms with E-state index >= 15 is 0 Å². The van der Waals surface area contributed by atoms with Crippen molar-refractivity contribution in [2.24, 2.45) is 28.8 Å². The molecule has 1 aromatic heterocycles. The summed E-state index contributed by atoms with van der Waals surface area (Å²) in [6.07, 6.45) is 6.82. The zero-order chi connectivity index (χ0) is 22.0. The van der Waals surface area contributed by atoms with Crippen molar-refractivity contribution in [2.45, 2.75) is 19.9 Å². The summed E-state index contributed by atoms with van der Waals surface area (Å²) in [6, 6.07) is 16.5. The number of aromatic nitrogens is 1. The van der Waals surface area contributed by atoms with E-state index in [2.05, 4.69) is 68.9 Å². The lowest BCUT2D eigenvalue weighted by atomic mass is 9.85. The van der Waals surface area contributed by atoms with Crippen LogP contribution in [0.15, 0.2) is 70.3 Å². The number of fused-ring (bicyclic) bond motifs is 6. The number of allylic oxidation sites excluding steroid dienone is 2. The summed E-state index contributed by atoms with van der Waals surface area (Å²) in [5.74, 6) is -0.370. The number of para-hydroxylation sites is 1. The monoisotopic (exact) mass is 487 g/mol. The number of amides is 2. The Hall–Kier alpha value is -2.99. The Morgan fingerprint density at radius 3 is 2.34 bits per heavy atom. The second-order valence-electron chi connectivity index (χ2n) is 8.96. The van der Waals surface area contributed by atoms with Crippen LogP contribution in [0, 0.1) is 30.6 Å². The highest BCUT2D eigenvalue weighted by atomic mass is 79.9. The molecule has 6 rings (SSSR count). The zero-order valence-electron chi connectivity index (χ0n) is 17.6. The standard InChI is InChI=1S/C26H22BrN3O2/c1-15-21(13-28-30-25(31)23-17-8-9-18(12-17)24(23)26(30)32)20-4-2-3-5-22(20)29(15)14-16-6-10-19(27)11-7-16/h2-11,13,17-18,23-24H,12,14H2,1H3.